The van der Waals surface area contributed by atoms with Gasteiger partial charge >= 0.3 is 0 Å². The van der Waals surface area contributed by atoms with Gasteiger partial charge in [-0.2, -0.15) is 0 Å². The van der Waals surface area contributed by atoms with E-state index in [0.717, 1.165) is 11.1 Å². The lowest BCUT2D eigenvalue weighted by Gasteiger charge is -2.29. The van der Waals surface area contributed by atoms with Crippen molar-refractivity contribution in [3.05, 3.63) is 35.1 Å². The summed E-state index contributed by atoms with van der Waals surface area (Å²) in [6, 6.07) is 4.80. The summed E-state index contributed by atoms with van der Waals surface area (Å²) in [4.78, 5) is 0. The van der Waals surface area contributed by atoms with Crippen molar-refractivity contribution in [1.29, 1.82) is 0 Å². The van der Waals surface area contributed by atoms with Gasteiger partial charge in [-0.3, -0.25) is 0 Å². The highest BCUT2D eigenvalue weighted by Crippen LogP contribution is 2.32. The second-order valence-corrected chi connectivity index (χ2v) is 4.97. The second-order valence-electron chi connectivity index (χ2n) is 4.97. The zero-order valence-electron chi connectivity index (χ0n) is 11.0. The fourth-order valence-electron chi connectivity index (χ4n) is 1.93. The summed E-state index contributed by atoms with van der Waals surface area (Å²) in [5.41, 5.74) is 1.33. The molecule has 0 aromatic heterocycles. The van der Waals surface area contributed by atoms with Crippen molar-refractivity contribution in [1.82, 2.24) is 0 Å². The molecule has 0 aliphatic rings. The van der Waals surface area contributed by atoms with E-state index in [1.165, 1.54) is 12.1 Å². The summed E-state index contributed by atoms with van der Waals surface area (Å²) in [6.45, 7) is 8.14. The molecule has 0 amide bonds. The van der Waals surface area contributed by atoms with E-state index < -0.39 is 5.60 Å². The highest BCUT2D eigenvalue weighted by molar-refractivity contribution is 5.34. The number of rotatable bonds is 5. The molecule has 0 atom stereocenters. The second kappa shape index (κ2) is 5.61. The Hall–Kier alpha value is -0.930. The van der Waals surface area contributed by atoms with Gasteiger partial charge in [0.1, 0.15) is 5.82 Å². The maximum atomic E-state index is 13.4. The first kappa shape index (κ1) is 14.1. The summed E-state index contributed by atoms with van der Waals surface area (Å²) in [6.07, 6.45) is 0. The van der Waals surface area contributed by atoms with E-state index in [4.69, 9.17) is 9.84 Å². The minimum atomic E-state index is -0.593. The zero-order chi connectivity index (χ0) is 13.1. The Morgan fingerprint density at radius 1 is 1.35 bits per heavy atom. The molecular weight excluding hydrogens is 219 g/mol. The quantitative estimate of drug-likeness (QED) is 0.856. The number of aliphatic hydroxyl groups excluding tert-OH is 1. The molecule has 0 bridgehead atoms. The van der Waals surface area contributed by atoms with Gasteiger partial charge < -0.3 is 9.84 Å². The van der Waals surface area contributed by atoms with Crippen molar-refractivity contribution in [3.63, 3.8) is 0 Å². The molecule has 17 heavy (non-hydrogen) atoms. The minimum absolute atomic E-state index is 0.0320. The molecular formula is C14H21FO2. The highest BCUT2D eigenvalue weighted by Gasteiger charge is 2.25. The van der Waals surface area contributed by atoms with Crippen molar-refractivity contribution in [2.75, 3.05) is 13.2 Å². The molecule has 0 heterocycles. The monoisotopic (exact) mass is 240 g/mol. The predicted octanol–water partition coefficient (Wildman–Crippen LogP) is 3.19. The molecule has 0 aliphatic carbocycles. The third-order valence-electron chi connectivity index (χ3n) is 2.84. The molecule has 1 aromatic carbocycles. The van der Waals surface area contributed by atoms with Crippen molar-refractivity contribution < 1.29 is 14.2 Å². The number of hydrogen-bond acceptors (Lipinski definition) is 2. The fourth-order valence-corrected chi connectivity index (χ4v) is 1.93. The molecule has 0 aliphatic heterocycles. The van der Waals surface area contributed by atoms with Crippen LogP contribution in [-0.4, -0.2) is 18.3 Å². The Morgan fingerprint density at radius 3 is 2.53 bits per heavy atom. The Kier molecular flexibility index (Phi) is 4.66. The molecule has 2 nitrogen and oxygen atoms in total. The van der Waals surface area contributed by atoms with Gasteiger partial charge in [0.15, 0.2) is 0 Å². The lowest BCUT2D eigenvalue weighted by molar-refractivity contribution is -0.0378. The largest absolute Gasteiger partial charge is 0.394 e. The van der Waals surface area contributed by atoms with Crippen LogP contribution < -0.4 is 0 Å². The molecule has 0 fully saturated rings. The summed E-state index contributed by atoms with van der Waals surface area (Å²) in [5.74, 6) is 0.0488. The first-order valence-corrected chi connectivity index (χ1v) is 5.93. The van der Waals surface area contributed by atoms with Crippen LogP contribution in [0.15, 0.2) is 18.2 Å². The Balaban J connectivity index is 3.13. The highest BCUT2D eigenvalue weighted by atomic mass is 19.1. The van der Waals surface area contributed by atoms with E-state index in [0.29, 0.717) is 5.92 Å². The summed E-state index contributed by atoms with van der Waals surface area (Å²) < 4.78 is 19.0. The van der Waals surface area contributed by atoms with E-state index in [9.17, 15) is 4.39 Å². The van der Waals surface area contributed by atoms with Crippen molar-refractivity contribution in [2.24, 2.45) is 0 Å². The van der Waals surface area contributed by atoms with Gasteiger partial charge in [-0.25, -0.2) is 4.39 Å². The van der Waals surface area contributed by atoms with Crippen molar-refractivity contribution in [3.8, 4) is 0 Å². The van der Waals surface area contributed by atoms with Crippen LogP contribution in [0.4, 0.5) is 4.39 Å². The van der Waals surface area contributed by atoms with Gasteiger partial charge in [-0.15, -0.1) is 0 Å². The van der Waals surface area contributed by atoms with E-state index >= 15 is 0 Å². The van der Waals surface area contributed by atoms with Gasteiger partial charge in [-0.05, 0) is 43.0 Å². The van der Waals surface area contributed by atoms with E-state index in [1.54, 1.807) is 6.07 Å². The van der Waals surface area contributed by atoms with Gasteiger partial charge in [0.25, 0.3) is 0 Å². The van der Waals surface area contributed by atoms with Crippen LogP contribution in [-0.2, 0) is 10.3 Å². The SMILES string of the molecule is CC(C)c1ccc(F)cc1C(C)(C)OCCO. The lowest BCUT2D eigenvalue weighted by Crippen LogP contribution is -2.25. The maximum Gasteiger partial charge on any atom is 0.123 e. The molecule has 1 aromatic rings. The Labute approximate surface area is 102 Å². The van der Waals surface area contributed by atoms with Gasteiger partial charge in [-0.1, -0.05) is 19.9 Å². The van der Waals surface area contributed by atoms with Crippen LogP contribution in [0, 0.1) is 5.82 Å². The van der Waals surface area contributed by atoms with Crippen LogP contribution in [0.3, 0.4) is 0 Å². The van der Waals surface area contributed by atoms with Crippen molar-refractivity contribution >= 4 is 0 Å². The zero-order valence-corrected chi connectivity index (χ0v) is 11.0. The molecule has 0 saturated carbocycles. The predicted molar refractivity (Wildman–Crippen MR) is 66.6 cm³/mol. The normalized spacial score (nSPS) is 12.2. The van der Waals surface area contributed by atoms with E-state index in [1.807, 2.05) is 13.8 Å². The molecule has 0 spiro atoms. The minimum Gasteiger partial charge on any atom is -0.394 e. The van der Waals surface area contributed by atoms with E-state index in [2.05, 4.69) is 13.8 Å². The number of hydrogen-bond donors (Lipinski definition) is 1. The van der Waals surface area contributed by atoms with Crippen LogP contribution in [0.25, 0.3) is 0 Å². The molecule has 0 unspecified atom stereocenters. The standard InChI is InChI=1S/C14H21FO2/c1-10(2)12-6-5-11(15)9-13(12)14(3,4)17-8-7-16/h5-6,9-10,16H,7-8H2,1-4H3. The number of aliphatic hydroxyl groups is 1. The average Bonchev–Trinajstić information content (AvgIpc) is 2.26. The number of benzene rings is 1. The summed E-state index contributed by atoms with van der Waals surface area (Å²) in [5, 5.41) is 8.81. The summed E-state index contributed by atoms with van der Waals surface area (Å²) in [7, 11) is 0. The van der Waals surface area contributed by atoms with Crippen LogP contribution in [0.5, 0.6) is 0 Å². The molecule has 3 heteroatoms. The van der Waals surface area contributed by atoms with Gasteiger partial charge in [0, 0.05) is 0 Å². The van der Waals surface area contributed by atoms with Crippen molar-refractivity contribution in [2.45, 2.75) is 39.2 Å². The molecule has 0 saturated heterocycles. The molecule has 0 radical (unpaired) electrons. The number of ether oxygens (including phenoxy) is 1. The van der Waals surface area contributed by atoms with E-state index in [-0.39, 0.29) is 19.0 Å². The van der Waals surface area contributed by atoms with Gasteiger partial charge in [0.2, 0.25) is 0 Å². The lowest BCUT2D eigenvalue weighted by atomic mass is 9.87. The first-order valence-electron chi connectivity index (χ1n) is 5.93. The maximum absolute atomic E-state index is 13.4. The Morgan fingerprint density at radius 2 is 2.00 bits per heavy atom. The smallest absolute Gasteiger partial charge is 0.123 e. The number of halogens is 1. The van der Waals surface area contributed by atoms with Crippen LogP contribution >= 0.6 is 0 Å². The summed E-state index contributed by atoms with van der Waals surface area (Å²) >= 11 is 0. The Bertz CT molecular complexity index is 372. The topological polar surface area (TPSA) is 29.5 Å². The molecule has 1 N–H and O–H groups in total. The fraction of sp³-hybridized carbons (Fsp3) is 0.571. The molecule has 96 valence electrons. The van der Waals surface area contributed by atoms with Gasteiger partial charge in [0.05, 0.1) is 18.8 Å². The first-order chi connectivity index (χ1) is 7.88. The van der Waals surface area contributed by atoms with Crippen LogP contribution in [0.2, 0.25) is 0 Å². The molecule has 1 rings (SSSR count). The van der Waals surface area contributed by atoms with Crippen LogP contribution in [0.1, 0.15) is 44.7 Å². The average molecular weight is 240 g/mol. The third-order valence-corrected chi connectivity index (χ3v) is 2.84. The third kappa shape index (κ3) is 3.51.